The second-order valence-corrected chi connectivity index (χ2v) is 5.03. The molecule has 0 spiro atoms. The summed E-state index contributed by atoms with van der Waals surface area (Å²) in [4.78, 5) is 24.5. The van der Waals surface area contributed by atoms with E-state index >= 15 is 0 Å². The number of carbonyl (C=O) groups is 2. The van der Waals surface area contributed by atoms with Crippen molar-refractivity contribution >= 4 is 11.9 Å². The number of benzene rings is 1. The number of likely N-dealkylation sites (tertiary alicyclic amines) is 1. The third kappa shape index (κ3) is 3.20. The molecule has 0 unspecified atom stereocenters. The van der Waals surface area contributed by atoms with Crippen molar-refractivity contribution in [2.75, 3.05) is 20.2 Å². The predicted octanol–water partition coefficient (Wildman–Crippen LogP) is 2.19. The van der Waals surface area contributed by atoms with Gasteiger partial charge < -0.3 is 9.64 Å². The first-order chi connectivity index (χ1) is 9.96. The van der Waals surface area contributed by atoms with Crippen LogP contribution in [0.15, 0.2) is 30.3 Å². The molecule has 1 aromatic rings. The molecule has 1 aliphatic heterocycles. The van der Waals surface area contributed by atoms with Gasteiger partial charge in [-0.25, -0.2) is 0 Å². The van der Waals surface area contributed by atoms with E-state index in [1.165, 1.54) is 31.4 Å². The summed E-state index contributed by atoms with van der Waals surface area (Å²) in [7, 11) is 1.30. The van der Waals surface area contributed by atoms with E-state index in [2.05, 4.69) is 4.74 Å². The summed E-state index contributed by atoms with van der Waals surface area (Å²) in [5, 5.41) is 0. The van der Waals surface area contributed by atoms with Gasteiger partial charge in [-0.2, -0.15) is 8.78 Å². The maximum atomic E-state index is 14.2. The van der Waals surface area contributed by atoms with Crippen molar-refractivity contribution in [2.24, 2.45) is 5.92 Å². The second kappa shape index (κ2) is 6.20. The van der Waals surface area contributed by atoms with Gasteiger partial charge in [-0.15, -0.1) is 0 Å². The van der Waals surface area contributed by atoms with Crippen LogP contribution in [-0.4, -0.2) is 37.0 Å². The van der Waals surface area contributed by atoms with Crippen molar-refractivity contribution in [3.05, 3.63) is 35.9 Å². The van der Waals surface area contributed by atoms with E-state index in [1.807, 2.05) is 0 Å². The fourth-order valence-electron chi connectivity index (χ4n) is 2.45. The molecule has 0 saturated carbocycles. The Kier molecular flexibility index (Phi) is 4.55. The van der Waals surface area contributed by atoms with Gasteiger partial charge in [-0.05, 0) is 12.8 Å². The molecule has 1 aromatic carbocycles. The summed E-state index contributed by atoms with van der Waals surface area (Å²) in [6.45, 7) is 0.280. The van der Waals surface area contributed by atoms with E-state index < -0.39 is 11.8 Å². The Morgan fingerprint density at radius 3 is 2.29 bits per heavy atom. The van der Waals surface area contributed by atoms with E-state index in [-0.39, 0.29) is 30.5 Å². The molecule has 0 aromatic heterocycles. The Hall–Kier alpha value is -1.98. The summed E-state index contributed by atoms with van der Waals surface area (Å²) in [5.74, 6) is -5.42. The van der Waals surface area contributed by atoms with Crippen LogP contribution in [0.2, 0.25) is 0 Å². The highest BCUT2D eigenvalue weighted by molar-refractivity contribution is 5.85. The van der Waals surface area contributed by atoms with Gasteiger partial charge in [0.15, 0.2) is 0 Å². The maximum Gasteiger partial charge on any atom is 0.349 e. The number of nitrogens with zero attached hydrogens (tertiary/aromatic N) is 1. The Morgan fingerprint density at radius 2 is 1.76 bits per heavy atom. The van der Waals surface area contributed by atoms with Gasteiger partial charge in [-0.3, -0.25) is 9.59 Å². The number of amides is 1. The zero-order valence-corrected chi connectivity index (χ0v) is 11.7. The third-order valence-corrected chi connectivity index (χ3v) is 3.72. The lowest BCUT2D eigenvalue weighted by Crippen LogP contribution is -2.46. The van der Waals surface area contributed by atoms with E-state index in [9.17, 15) is 18.4 Å². The van der Waals surface area contributed by atoms with Gasteiger partial charge in [0.25, 0.3) is 5.91 Å². The minimum absolute atomic E-state index is 0.140. The van der Waals surface area contributed by atoms with Gasteiger partial charge in [0.05, 0.1) is 13.0 Å². The molecule has 0 bridgehead atoms. The molecule has 0 radical (unpaired) electrons. The molecule has 1 aliphatic rings. The number of ether oxygens (including phenoxy) is 1. The third-order valence-electron chi connectivity index (χ3n) is 3.72. The Morgan fingerprint density at radius 1 is 1.19 bits per heavy atom. The Labute approximate surface area is 121 Å². The second-order valence-electron chi connectivity index (χ2n) is 5.03. The van der Waals surface area contributed by atoms with Gasteiger partial charge in [0, 0.05) is 18.7 Å². The van der Waals surface area contributed by atoms with Crippen LogP contribution in [0.1, 0.15) is 18.4 Å². The number of esters is 1. The molecular weight excluding hydrogens is 280 g/mol. The molecule has 1 saturated heterocycles. The van der Waals surface area contributed by atoms with E-state index in [1.54, 1.807) is 6.07 Å². The van der Waals surface area contributed by atoms with E-state index in [0.29, 0.717) is 12.8 Å². The molecule has 0 aliphatic carbocycles. The fraction of sp³-hybridized carbons (Fsp3) is 0.467. The zero-order chi connectivity index (χ0) is 15.5. The summed E-state index contributed by atoms with van der Waals surface area (Å²) < 4.78 is 33.0. The number of piperidine rings is 1. The van der Waals surface area contributed by atoms with E-state index in [0.717, 1.165) is 4.90 Å². The largest absolute Gasteiger partial charge is 0.469 e. The lowest BCUT2D eigenvalue weighted by molar-refractivity contribution is -0.162. The molecule has 0 N–H and O–H groups in total. The molecule has 1 heterocycles. The standard InChI is InChI=1S/C15H17F2NO3/c1-21-13(19)11-7-9-18(10-8-11)14(20)15(16,17)12-5-3-2-4-6-12/h2-6,11H,7-10H2,1H3. The highest BCUT2D eigenvalue weighted by Crippen LogP contribution is 2.31. The molecular formula is C15H17F2NO3. The summed E-state index contributed by atoms with van der Waals surface area (Å²) in [6, 6.07) is 7.03. The number of alkyl halides is 2. The molecule has 6 heteroatoms. The number of hydrogen-bond acceptors (Lipinski definition) is 3. The number of methoxy groups -OCH3 is 1. The van der Waals surface area contributed by atoms with Crippen molar-refractivity contribution in [3.63, 3.8) is 0 Å². The van der Waals surface area contributed by atoms with Crippen LogP contribution in [0.4, 0.5) is 8.78 Å². The average Bonchev–Trinajstić information content (AvgIpc) is 2.54. The quantitative estimate of drug-likeness (QED) is 0.804. The molecule has 1 fully saturated rings. The van der Waals surface area contributed by atoms with Gasteiger partial charge in [0.1, 0.15) is 0 Å². The van der Waals surface area contributed by atoms with Crippen LogP contribution in [0, 0.1) is 5.92 Å². The number of rotatable bonds is 3. The van der Waals surface area contributed by atoms with Crippen LogP contribution in [-0.2, 0) is 20.2 Å². The lowest BCUT2D eigenvalue weighted by Gasteiger charge is -2.33. The van der Waals surface area contributed by atoms with Crippen LogP contribution < -0.4 is 0 Å². The summed E-state index contributed by atoms with van der Waals surface area (Å²) in [5.41, 5.74) is -0.315. The molecule has 1 amide bonds. The van der Waals surface area contributed by atoms with Crippen molar-refractivity contribution in [1.82, 2.24) is 4.90 Å². The highest BCUT2D eigenvalue weighted by atomic mass is 19.3. The van der Waals surface area contributed by atoms with Crippen molar-refractivity contribution in [2.45, 2.75) is 18.8 Å². The summed E-state index contributed by atoms with van der Waals surface area (Å²) >= 11 is 0. The van der Waals surface area contributed by atoms with Crippen LogP contribution in [0.25, 0.3) is 0 Å². The fourth-order valence-corrected chi connectivity index (χ4v) is 2.45. The molecule has 0 atom stereocenters. The van der Waals surface area contributed by atoms with Gasteiger partial charge in [0.2, 0.25) is 0 Å². The normalized spacial score (nSPS) is 16.6. The van der Waals surface area contributed by atoms with Crippen LogP contribution >= 0.6 is 0 Å². The lowest BCUT2D eigenvalue weighted by atomic mass is 9.96. The number of halogens is 2. The van der Waals surface area contributed by atoms with Gasteiger partial charge in [-0.1, -0.05) is 30.3 Å². The SMILES string of the molecule is COC(=O)C1CCN(C(=O)C(F)(F)c2ccccc2)CC1. The van der Waals surface area contributed by atoms with Crippen molar-refractivity contribution in [1.29, 1.82) is 0 Å². The minimum Gasteiger partial charge on any atom is -0.469 e. The highest BCUT2D eigenvalue weighted by Gasteiger charge is 2.44. The Balaban J connectivity index is 2.03. The first-order valence-corrected chi connectivity index (χ1v) is 6.77. The molecule has 2 rings (SSSR count). The van der Waals surface area contributed by atoms with Crippen molar-refractivity contribution < 1.29 is 23.1 Å². The first-order valence-electron chi connectivity index (χ1n) is 6.77. The zero-order valence-electron chi connectivity index (χ0n) is 11.7. The number of hydrogen-bond donors (Lipinski definition) is 0. The molecule has 4 nitrogen and oxygen atoms in total. The smallest absolute Gasteiger partial charge is 0.349 e. The van der Waals surface area contributed by atoms with Crippen LogP contribution in [0.5, 0.6) is 0 Å². The van der Waals surface area contributed by atoms with E-state index in [4.69, 9.17) is 0 Å². The molecule has 114 valence electrons. The topological polar surface area (TPSA) is 46.6 Å². The Bertz CT molecular complexity index is 511. The summed E-state index contributed by atoms with van der Waals surface area (Å²) in [6.07, 6.45) is 0.701. The maximum absolute atomic E-state index is 14.2. The van der Waals surface area contributed by atoms with Crippen LogP contribution in [0.3, 0.4) is 0 Å². The monoisotopic (exact) mass is 297 g/mol. The first kappa shape index (κ1) is 15.4. The van der Waals surface area contributed by atoms with Crippen molar-refractivity contribution in [3.8, 4) is 0 Å². The molecule has 21 heavy (non-hydrogen) atoms. The predicted molar refractivity (Wildman–Crippen MR) is 71.7 cm³/mol. The van der Waals surface area contributed by atoms with Gasteiger partial charge >= 0.3 is 11.9 Å². The number of carbonyl (C=O) groups excluding carboxylic acids is 2. The minimum atomic E-state index is -3.54. The average molecular weight is 297 g/mol.